The predicted octanol–water partition coefficient (Wildman–Crippen LogP) is 2.79. The quantitative estimate of drug-likeness (QED) is 0.858. The van der Waals surface area contributed by atoms with Crippen molar-refractivity contribution < 1.29 is 26.7 Å². The average molecular weight is 341 g/mol. The Hall–Kier alpha value is -2.48. The summed E-state index contributed by atoms with van der Waals surface area (Å²) in [4.78, 5) is 12.0. The van der Waals surface area contributed by atoms with Gasteiger partial charge in [0.2, 0.25) is 10.0 Å². The van der Waals surface area contributed by atoms with Crippen LogP contribution in [0.2, 0.25) is 0 Å². The number of benzene rings is 2. The topological polar surface area (TPSA) is 63.7 Å². The Bertz CT molecular complexity index is 835. The number of hydrogen-bond donors (Lipinski definition) is 0. The van der Waals surface area contributed by atoms with Gasteiger partial charge in [0, 0.05) is 18.7 Å². The summed E-state index contributed by atoms with van der Waals surface area (Å²) in [6, 6.07) is 8.68. The number of ether oxygens (including phenoxy) is 1. The van der Waals surface area contributed by atoms with E-state index >= 15 is 0 Å². The van der Waals surface area contributed by atoms with Crippen LogP contribution in [0.4, 0.5) is 8.78 Å². The third-order valence-corrected chi connectivity index (χ3v) is 4.17. The molecule has 0 aromatic heterocycles. The van der Waals surface area contributed by atoms with Gasteiger partial charge in [0.25, 0.3) is 5.91 Å². The Kier molecular flexibility index (Phi) is 4.65. The molecule has 1 amide bonds. The summed E-state index contributed by atoms with van der Waals surface area (Å²) in [6.45, 7) is 0. The molecule has 0 unspecified atom stereocenters. The minimum Gasteiger partial charge on any atom is -0.457 e. The third kappa shape index (κ3) is 4.04. The number of sulfonamides is 1. The highest BCUT2D eigenvalue weighted by molar-refractivity contribution is 7.88. The lowest BCUT2D eigenvalue weighted by Gasteiger charge is -2.14. The van der Waals surface area contributed by atoms with Crippen molar-refractivity contribution in [2.45, 2.75) is 0 Å². The molecule has 2 aromatic rings. The normalized spacial score (nSPS) is 11.1. The molecule has 8 heteroatoms. The van der Waals surface area contributed by atoms with Gasteiger partial charge in [-0.05, 0) is 36.4 Å². The summed E-state index contributed by atoms with van der Waals surface area (Å²) < 4.78 is 54.5. The van der Waals surface area contributed by atoms with Crippen LogP contribution < -0.4 is 4.74 Å². The molecule has 0 aliphatic rings. The molecule has 0 heterocycles. The standard InChI is InChI=1S/C15H13F2NO4S/c1-18(23(2,20)21)15(19)10-3-5-11(6-4-10)22-12-7-8-13(16)14(17)9-12/h3-9H,1-2H3. The third-order valence-electron chi connectivity index (χ3n) is 3.01. The van der Waals surface area contributed by atoms with Crippen LogP contribution in [0.3, 0.4) is 0 Å². The first-order valence-electron chi connectivity index (χ1n) is 6.39. The minimum atomic E-state index is -3.64. The van der Waals surface area contributed by atoms with E-state index in [4.69, 9.17) is 4.74 Å². The molecule has 122 valence electrons. The lowest BCUT2D eigenvalue weighted by Crippen LogP contribution is -2.32. The van der Waals surface area contributed by atoms with Crippen LogP contribution in [-0.4, -0.2) is 31.9 Å². The van der Waals surface area contributed by atoms with E-state index in [1.807, 2.05) is 0 Å². The van der Waals surface area contributed by atoms with Crippen LogP contribution in [0, 0.1) is 11.6 Å². The summed E-state index contributed by atoms with van der Waals surface area (Å²) in [5, 5.41) is 0. The summed E-state index contributed by atoms with van der Waals surface area (Å²) >= 11 is 0. The lowest BCUT2D eigenvalue weighted by atomic mass is 10.2. The molecule has 0 aliphatic carbocycles. The molecule has 0 bridgehead atoms. The van der Waals surface area contributed by atoms with Gasteiger partial charge < -0.3 is 4.74 Å². The van der Waals surface area contributed by atoms with Crippen molar-refractivity contribution >= 4 is 15.9 Å². The van der Waals surface area contributed by atoms with E-state index in [2.05, 4.69) is 0 Å². The number of carbonyl (C=O) groups is 1. The molecule has 2 aromatic carbocycles. The number of carbonyl (C=O) groups excluding carboxylic acids is 1. The van der Waals surface area contributed by atoms with Gasteiger partial charge in [0.1, 0.15) is 11.5 Å². The second-order valence-electron chi connectivity index (χ2n) is 4.74. The smallest absolute Gasteiger partial charge is 0.267 e. The second-order valence-corrected chi connectivity index (χ2v) is 6.75. The summed E-state index contributed by atoms with van der Waals surface area (Å²) in [5.74, 6) is -2.33. The van der Waals surface area contributed by atoms with E-state index in [0.717, 1.165) is 25.4 Å². The van der Waals surface area contributed by atoms with E-state index in [1.165, 1.54) is 30.3 Å². The van der Waals surface area contributed by atoms with Gasteiger partial charge in [0.05, 0.1) is 6.26 Å². The molecule has 0 radical (unpaired) electrons. The average Bonchev–Trinajstić information content (AvgIpc) is 2.49. The number of hydrogen-bond acceptors (Lipinski definition) is 4. The van der Waals surface area contributed by atoms with E-state index in [9.17, 15) is 22.0 Å². The molecule has 5 nitrogen and oxygen atoms in total. The zero-order valence-electron chi connectivity index (χ0n) is 12.3. The highest BCUT2D eigenvalue weighted by atomic mass is 32.2. The maximum atomic E-state index is 13.1. The van der Waals surface area contributed by atoms with Gasteiger partial charge in [-0.15, -0.1) is 0 Å². The van der Waals surface area contributed by atoms with Gasteiger partial charge in [-0.3, -0.25) is 4.79 Å². The first-order chi connectivity index (χ1) is 10.7. The maximum absolute atomic E-state index is 13.1. The van der Waals surface area contributed by atoms with E-state index in [1.54, 1.807) is 0 Å². The van der Waals surface area contributed by atoms with Crippen molar-refractivity contribution in [1.82, 2.24) is 4.31 Å². The van der Waals surface area contributed by atoms with Crippen LogP contribution in [0.25, 0.3) is 0 Å². The molecule has 0 atom stereocenters. The fourth-order valence-electron chi connectivity index (χ4n) is 1.67. The first-order valence-corrected chi connectivity index (χ1v) is 8.24. The SMILES string of the molecule is CN(C(=O)c1ccc(Oc2ccc(F)c(F)c2)cc1)S(C)(=O)=O. The monoisotopic (exact) mass is 341 g/mol. The molecule has 0 spiro atoms. The van der Waals surface area contributed by atoms with Crippen molar-refractivity contribution in [1.29, 1.82) is 0 Å². The first kappa shape index (κ1) is 16.9. The van der Waals surface area contributed by atoms with Gasteiger partial charge in [-0.25, -0.2) is 21.5 Å². The van der Waals surface area contributed by atoms with Gasteiger partial charge in [-0.1, -0.05) is 0 Å². The second kappa shape index (κ2) is 6.33. The predicted molar refractivity (Wildman–Crippen MR) is 79.8 cm³/mol. The molecule has 23 heavy (non-hydrogen) atoms. The molecule has 0 fully saturated rings. The molecule has 0 aliphatic heterocycles. The summed E-state index contributed by atoms with van der Waals surface area (Å²) in [6.07, 6.45) is 0.922. The molecule has 0 N–H and O–H groups in total. The van der Waals surface area contributed by atoms with Crippen molar-refractivity contribution in [3.63, 3.8) is 0 Å². The van der Waals surface area contributed by atoms with Gasteiger partial charge >= 0.3 is 0 Å². The lowest BCUT2D eigenvalue weighted by molar-refractivity contribution is 0.0883. The molecular formula is C15H13F2NO4S. The Balaban J connectivity index is 2.16. The zero-order valence-corrected chi connectivity index (χ0v) is 13.1. The molecule has 0 saturated heterocycles. The zero-order chi connectivity index (χ0) is 17.2. The minimum absolute atomic E-state index is 0.0937. The maximum Gasteiger partial charge on any atom is 0.267 e. The Labute approximate surface area is 132 Å². The summed E-state index contributed by atoms with van der Waals surface area (Å²) in [5.41, 5.74) is 0.149. The Morgan fingerprint density at radius 3 is 2.09 bits per heavy atom. The number of amides is 1. The van der Waals surface area contributed by atoms with Crippen LogP contribution in [0.1, 0.15) is 10.4 Å². The van der Waals surface area contributed by atoms with Crippen molar-refractivity contribution in [2.75, 3.05) is 13.3 Å². The number of halogens is 2. The van der Waals surface area contributed by atoms with E-state index in [-0.39, 0.29) is 17.1 Å². The van der Waals surface area contributed by atoms with Crippen molar-refractivity contribution in [2.24, 2.45) is 0 Å². The van der Waals surface area contributed by atoms with Crippen molar-refractivity contribution in [3.8, 4) is 11.5 Å². The van der Waals surface area contributed by atoms with Crippen LogP contribution in [0.15, 0.2) is 42.5 Å². The van der Waals surface area contributed by atoms with Crippen LogP contribution in [0.5, 0.6) is 11.5 Å². The number of rotatable bonds is 4. The summed E-state index contributed by atoms with van der Waals surface area (Å²) in [7, 11) is -2.49. The van der Waals surface area contributed by atoms with Gasteiger partial charge in [0.15, 0.2) is 11.6 Å². The van der Waals surface area contributed by atoms with E-state index in [0.29, 0.717) is 4.31 Å². The largest absolute Gasteiger partial charge is 0.457 e. The van der Waals surface area contributed by atoms with Crippen LogP contribution in [-0.2, 0) is 10.0 Å². The van der Waals surface area contributed by atoms with Crippen molar-refractivity contribution in [3.05, 3.63) is 59.7 Å². The fourth-order valence-corrected chi connectivity index (χ4v) is 2.08. The number of nitrogens with zero attached hydrogens (tertiary/aromatic N) is 1. The van der Waals surface area contributed by atoms with E-state index < -0.39 is 27.6 Å². The molecule has 0 saturated carbocycles. The fraction of sp³-hybridized carbons (Fsp3) is 0.133. The molecular weight excluding hydrogens is 328 g/mol. The van der Waals surface area contributed by atoms with Crippen LogP contribution >= 0.6 is 0 Å². The molecule has 2 rings (SSSR count). The highest BCUT2D eigenvalue weighted by Crippen LogP contribution is 2.23. The Morgan fingerprint density at radius 2 is 1.57 bits per heavy atom. The Morgan fingerprint density at radius 1 is 1.00 bits per heavy atom. The van der Waals surface area contributed by atoms with Gasteiger partial charge in [-0.2, -0.15) is 0 Å². The highest BCUT2D eigenvalue weighted by Gasteiger charge is 2.19.